The molecule has 6 aromatic rings. The Hall–Kier alpha value is -4.57. The molecular weight excluding hydrogens is 434 g/mol. The summed E-state index contributed by atoms with van der Waals surface area (Å²) in [6.45, 7) is 5.93. The van der Waals surface area contributed by atoms with E-state index < -0.39 is 5.41 Å². The highest BCUT2D eigenvalue weighted by molar-refractivity contribution is 6.06. The van der Waals surface area contributed by atoms with Crippen LogP contribution in [0.4, 0.5) is 0 Å². The predicted molar refractivity (Wildman–Crippen MR) is 136 cm³/mol. The number of fused-ring (bicyclic) bond motifs is 5. The molecule has 4 aromatic heterocycles. The van der Waals surface area contributed by atoms with E-state index in [-0.39, 0.29) is 0 Å². The average molecular weight is 458 g/mol. The van der Waals surface area contributed by atoms with Gasteiger partial charge in [0.1, 0.15) is 5.82 Å². The molecule has 0 aliphatic heterocycles. The second-order valence-electron chi connectivity index (χ2n) is 9.19. The van der Waals surface area contributed by atoms with Crippen molar-refractivity contribution in [2.75, 3.05) is 0 Å². The molecule has 0 bridgehead atoms. The summed E-state index contributed by atoms with van der Waals surface area (Å²) >= 11 is 0. The Morgan fingerprint density at radius 2 is 1.80 bits per heavy atom. The second-order valence-corrected chi connectivity index (χ2v) is 9.19. The van der Waals surface area contributed by atoms with E-state index in [1.807, 2.05) is 56.6 Å². The number of hydrogen-bond donors (Lipinski definition) is 0. The molecule has 35 heavy (non-hydrogen) atoms. The summed E-state index contributed by atoms with van der Waals surface area (Å²) in [5.74, 6) is 1.63. The molecular formula is C28H23N7. The third kappa shape index (κ3) is 3.18. The lowest BCUT2D eigenvalue weighted by molar-refractivity contribution is 0.687. The maximum absolute atomic E-state index is 9.56. The Kier molecular flexibility index (Phi) is 4.64. The van der Waals surface area contributed by atoms with E-state index in [1.54, 1.807) is 6.20 Å². The molecule has 0 saturated carbocycles. The van der Waals surface area contributed by atoms with Crippen LogP contribution in [0.25, 0.3) is 44.5 Å². The molecule has 0 atom stereocenters. The minimum Gasteiger partial charge on any atom is -0.276 e. The van der Waals surface area contributed by atoms with Gasteiger partial charge in [-0.3, -0.25) is 18.9 Å². The molecule has 6 rings (SSSR count). The van der Waals surface area contributed by atoms with Gasteiger partial charge in [-0.25, -0.2) is 0 Å². The van der Waals surface area contributed by atoms with Gasteiger partial charge in [-0.15, -0.1) is 10.2 Å². The van der Waals surface area contributed by atoms with Crippen molar-refractivity contribution in [3.8, 4) is 22.9 Å². The van der Waals surface area contributed by atoms with E-state index in [9.17, 15) is 5.26 Å². The molecule has 0 N–H and O–H groups in total. The van der Waals surface area contributed by atoms with Crippen LogP contribution >= 0.6 is 0 Å². The first-order valence-corrected chi connectivity index (χ1v) is 11.6. The van der Waals surface area contributed by atoms with Crippen molar-refractivity contribution in [1.82, 2.24) is 29.1 Å². The zero-order valence-electron chi connectivity index (χ0n) is 19.8. The van der Waals surface area contributed by atoms with Crippen LogP contribution in [0, 0.1) is 11.3 Å². The molecule has 4 heterocycles. The Balaban J connectivity index is 1.69. The lowest BCUT2D eigenvalue weighted by Gasteiger charge is -2.16. The third-order valence-corrected chi connectivity index (χ3v) is 6.64. The Bertz CT molecular complexity index is 1750. The van der Waals surface area contributed by atoms with Crippen molar-refractivity contribution in [1.29, 1.82) is 5.26 Å². The summed E-state index contributed by atoms with van der Waals surface area (Å²) in [5.41, 5.74) is 6.37. The molecule has 0 fully saturated rings. The van der Waals surface area contributed by atoms with Gasteiger partial charge >= 0.3 is 0 Å². The molecule has 7 heteroatoms. The van der Waals surface area contributed by atoms with Crippen LogP contribution in [0.1, 0.15) is 32.2 Å². The van der Waals surface area contributed by atoms with Crippen LogP contribution in [0.3, 0.4) is 0 Å². The van der Waals surface area contributed by atoms with Crippen molar-refractivity contribution >= 4 is 27.7 Å². The smallest absolute Gasteiger partial charge is 0.241 e. The average Bonchev–Trinajstić information content (AvgIpc) is 3.47. The van der Waals surface area contributed by atoms with Gasteiger partial charge in [-0.05, 0) is 55.3 Å². The van der Waals surface area contributed by atoms with E-state index in [0.717, 1.165) is 62.3 Å². The van der Waals surface area contributed by atoms with Crippen molar-refractivity contribution in [3.63, 3.8) is 0 Å². The first-order chi connectivity index (χ1) is 17.0. The topological polar surface area (TPSA) is 84.7 Å². The highest BCUT2D eigenvalue weighted by Crippen LogP contribution is 2.34. The Morgan fingerprint density at radius 1 is 0.971 bits per heavy atom. The lowest BCUT2D eigenvalue weighted by atomic mass is 9.86. The predicted octanol–water partition coefficient (Wildman–Crippen LogP) is 5.65. The third-order valence-electron chi connectivity index (χ3n) is 6.64. The number of nitriles is 1. The number of hydrogen-bond acceptors (Lipinski definition) is 5. The van der Waals surface area contributed by atoms with E-state index in [1.165, 1.54) is 0 Å². The molecule has 170 valence electrons. The van der Waals surface area contributed by atoms with Gasteiger partial charge < -0.3 is 0 Å². The fraction of sp³-hybridized carbons (Fsp3) is 0.179. The standard InChI is InChI=1S/C28H23N7/c1-4-25-32-33-27-34(21-10-8-20(9-11-21)28(2,3)17-29)26-22-14-18(19-6-5-13-30-15-19)7-12-23(22)31-16-24(26)35(25)27/h5-16H,4H2,1-3H3. The zero-order chi connectivity index (χ0) is 24.2. The van der Waals surface area contributed by atoms with Crippen LogP contribution in [-0.2, 0) is 11.8 Å². The van der Waals surface area contributed by atoms with Crippen LogP contribution in [0.15, 0.2) is 73.2 Å². The first kappa shape index (κ1) is 21.0. The summed E-state index contributed by atoms with van der Waals surface area (Å²) in [4.78, 5) is 9.06. The fourth-order valence-corrected chi connectivity index (χ4v) is 4.64. The molecule has 0 unspecified atom stereocenters. The number of imidazole rings is 1. The van der Waals surface area contributed by atoms with Gasteiger partial charge in [0.25, 0.3) is 0 Å². The number of nitrogens with zero attached hydrogens (tertiary/aromatic N) is 7. The van der Waals surface area contributed by atoms with Crippen molar-refractivity contribution in [3.05, 3.63) is 84.6 Å². The first-order valence-electron chi connectivity index (χ1n) is 11.6. The van der Waals surface area contributed by atoms with Crippen LogP contribution in [0.5, 0.6) is 0 Å². The zero-order valence-corrected chi connectivity index (χ0v) is 19.8. The summed E-state index contributed by atoms with van der Waals surface area (Å²) < 4.78 is 4.23. The van der Waals surface area contributed by atoms with Crippen LogP contribution < -0.4 is 0 Å². The maximum atomic E-state index is 9.56. The summed E-state index contributed by atoms with van der Waals surface area (Å²) in [7, 11) is 0. The molecule has 0 radical (unpaired) electrons. The highest BCUT2D eigenvalue weighted by atomic mass is 15.3. The highest BCUT2D eigenvalue weighted by Gasteiger charge is 2.22. The van der Waals surface area contributed by atoms with Gasteiger partial charge in [0.2, 0.25) is 5.78 Å². The van der Waals surface area contributed by atoms with Gasteiger partial charge in [0, 0.05) is 35.5 Å². The second kappa shape index (κ2) is 7.74. The van der Waals surface area contributed by atoms with Crippen molar-refractivity contribution < 1.29 is 0 Å². The van der Waals surface area contributed by atoms with E-state index in [2.05, 4.69) is 61.4 Å². The van der Waals surface area contributed by atoms with Crippen LogP contribution in [-0.4, -0.2) is 29.1 Å². The van der Waals surface area contributed by atoms with Gasteiger partial charge in [-0.1, -0.05) is 31.2 Å². The van der Waals surface area contributed by atoms with Crippen LogP contribution in [0.2, 0.25) is 0 Å². The van der Waals surface area contributed by atoms with E-state index in [4.69, 9.17) is 4.98 Å². The lowest BCUT2D eigenvalue weighted by Crippen LogP contribution is -2.13. The molecule has 0 aliphatic rings. The largest absolute Gasteiger partial charge is 0.276 e. The minimum absolute atomic E-state index is 0.563. The molecule has 0 aliphatic carbocycles. The number of aryl methyl sites for hydroxylation is 1. The SMILES string of the molecule is CCc1nnc2n(-c3ccc(C(C)(C)C#N)cc3)c3c4cc(-c5cccnc5)ccc4ncc3n12. The number of pyridine rings is 2. The van der Waals surface area contributed by atoms with Gasteiger partial charge in [0.15, 0.2) is 0 Å². The normalized spacial score (nSPS) is 11.9. The number of benzene rings is 2. The molecule has 0 spiro atoms. The monoisotopic (exact) mass is 457 g/mol. The van der Waals surface area contributed by atoms with Crippen molar-refractivity contribution in [2.45, 2.75) is 32.6 Å². The van der Waals surface area contributed by atoms with E-state index in [0.29, 0.717) is 0 Å². The minimum atomic E-state index is -0.563. The van der Waals surface area contributed by atoms with Crippen molar-refractivity contribution in [2.24, 2.45) is 0 Å². The summed E-state index contributed by atoms with van der Waals surface area (Å²) in [5, 5.41) is 19.6. The number of rotatable bonds is 4. The van der Waals surface area contributed by atoms with Gasteiger partial charge in [-0.2, -0.15) is 5.26 Å². The molecule has 0 saturated heterocycles. The fourth-order valence-electron chi connectivity index (χ4n) is 4.64. The molecule has 7 nitrogen and oxygen atoms in total. The molecule has 2 aromatic carbocycles. The van der Waals surface area contributed by atoms with Gasteiger partial charge in [0.05, 0.1) is 34.2 Å². The summed E-state index contributed by atoms with van der Waals surface area (Å²) in [6, 6.07) is 20.8. The summed E-state index contributed by atoms with van der Waals surface area (Å²) in [6.07, 6.45) is 6.31. The Morgan fingerprint density at radius 3 is 2.51 bits per heavy atom. The Labute approximate surface area is 202 Å². The maximum Gasteiger partial charge on any atom is 0.241 e. The number of aromatic nitrogens is 6. The van der Waals surface area contributed by atoms with E-state index >= 15 is 0 Å². The molecule has 0 amide bonds. The quantitative estimate of drug-likeness (QED) is 0.342.